The third-order valence-corrected chi connectivity index (χ3v) is 6.69. The van der Waals surface area contributed by atoms with Crippen LogP contribution in [0.15, 0.2) is 54.6 Å². The van der Waals surface area contributed by atoms with E-state index in [-0.39, 0.29) is 25.2 Å². The van der Waals surface area contributed by atoms with Crippen LogP contribution in [0.2, 0.25) is 0 Å². The molecular formula is C28H28F3N3O7. The summed E-state index contributed by atoms with van der Waals surface area (Å²) >= 11 is 0. The van der Waals surface area contributed by atoms with Gasteiger partial charge in [0.15, 0.2) is 0 Å². The van der Waals surface area contributed by atoms with Gasteiger partial charge in [-0.1, -0.05) is 25.1 Å². The van der Waals surface area contributed by atoms with Crippen molar-refractivity contribution in [3.05, 3.63) is 71.4 Å². The van der Waals surface area contributed by atoms with Crippen LogP contribution in [0.3, 0.4) is 0 Å². The Bertz CT molecular complexity index is 1420. The van der Waals surface area contributed by atoms with Gasteiger partial charge in [0, 0.05) is 28.8 Å². The number of nitrogens with one attached hydrogen (secondary N) is 1. The van der Waals surface area contributed by atoms with Crippen LogP contribution in [0.1, 0.15) is 41.4 Å². The first-order valence-electron chi connectivity index (χ1n) is 12.8. The van der Waals surface area contributed by atoms with Crippen LogP contribution in [0.4, 0.5) is 13.2 Å². The molecule has 2 amide bonds. The van der Waals surface area contributed by atoms with Gasteiger partial charge in [0.05, 0.1) is 23.6 Å². The largest absolute Gasteiger partial charge is 0.493 e. The van der Waals surface area contributed by atoms with Gasteiger partial charge in [-0.15, -0.1) is 0 Å². The summed E-state index contributed by atoms with van der Waals surface area (Å²) in [6, 6.07) is 13.8. The van der Waals surface area contributed by atoms with Gasteiger partial charge in [-0.05, 0) is 56.2 Å². The van der Waals surface area contributed by atoms with E-state index >= 15 is 0 Å². The number of nitrogens with zero attached hydrogens (tertiary/aromatic N) is 2. The zero-order valence-corrected chi connectivity index (χ0v) is 22.2. The minimum absolute atomic E-state index is 0.0745. The molecule has 2 heterocycles. The molecule has 0 aliphatic carbocycles. The van der Waals surface area contributed by atoms with Crippen LogP contribution < -0.4 is 10.2 Å². The summed E-state index contributed by atoms with van der Waals surface area (Å²) in [5.41, 5.74) is 3.89. The van der Waals surface area contributed by atoms with Gasteiger partial charge >= 0.3 is 12.1 Å². The average molecular weight is 576 g/mol. The fourth-order valence-corrected chi connectivity index (χ4v) is 4.66. The van der Waals surface area contributed by atoms with Crippen LogP contribution in [-0.2, 0) is 25.8 Å². The number of aromatic nitrogens is 1. The number of rotatable bonds is 7. The van der Waals surface area contributed by atoms with Crippen molar-refractivity contribution in [3.63, 3.8) is 0 Å². The Morgan fingerprint density at radius 3 is 2.56 bits per heavy atom. The van der Waals surface area contributed by atoms with E-state index in [2.05, 4.69) is 9.82 Å². The molecule has 218 valence electrons. The molecule has 3 atom stereocenters. The molecule has 3 aromatic rings. The number of para-hydroxylation sites is 1. The van der Waals surface area contributed by atoms with Crippen molar-refractivity contribution in [3.8, 4) is 5.75 Å². The van der Waals surface area contributed by atoms with Gasteiger partial charge in [-0.3, -0.25) is 19.8 Å². The number of amides is 2. The third-order valence-electron chi connectivity index (χ3n) is 6.69. The van der Waals surface area contributed by atoms with Crippen LogP contribution in [0, 0.1) is 12.8 Å². The summed E-state index contributed by atoms with van der Waals surface area (Å²) in [4.78, 5) is 46.3. The Hall–Kier alpha value is -4.23. The Kier molecular flexibility index (Phi) is 9.08. The lowest BCUT2D eigenvalue weighted by atomic mass is 9.91. The Morgan fingerprint density at radius 2 is 1.88 bits per heavy atom. The highest BCUT2D eigenvalue weighted by molar-refractivity contribution is 5.95. The summed E-state index contributed by atoms with van der Waals surface area (Å²) in [6.45, 7) is 3.57. The van der Waals surface area contributed by atoms with Crippen molar-refractivity contribution in [2.45, 2.75) is 51.6 Å². The number of aryl methyl sites for hydroxylation is 1. The Balaban J connectivity index is 1.56. The molecule has 0 saturated carbocycles. The second kappa shape index (κ2) is 12.5. The van der Waals surface area contributed by atoms with E-state index in [1.807, 2.05) is 37.3 Å². The molecule has 4 rings (SSSR count). The van der Waals surface area contributed by atoms with E-state index in [0.29, 0.717) is 17.2 Å². The SMILES string of the molecule is Cc1cc(COc2ccc(C(=O)N(OC(=O)C(F)(F)F)C3CCCOC3C(C)C(=O)NO)cc2)c2ccccc2n1. The van der Waals surface area contributed by atoms with Gasteiger partial charge in [0.25, 0.3) is 5.91 Å². The predicted octanol–water partition coefficient (Wildman–Crippen LogP) is 4.27. The molecule has 13 heteroatoms. The van der Waals surface area contributed by atoms with Crippen molar-refractivity contribution >= 4 is 28.7 Å². The molecule has 1 saturated heterocycles. The molecule has 2 aromatic carbocycles. The summed E-state index contributed by atoms with van der Waals surface area (Å²) in [6.07, 6.45) is -6.16. The van der Waals surface area contributed by atoms with E-state index in [1.165, 1.54) is 36.7 Å². The van der Waals surface area contributed by atoms with Gasteiger partial charge in [-0.2, -0.15) is 18.2 Å². The van der Waals surface area contributed by atoms with E-state index in [4.69, 9.17) is 14.7 Å². The van der Waals surface area contributed by atoms with E-state index in [9.17, 15) is 27.6 Å². The molecule has 10 nitrogen and oxygen atoms in total. The van der Waals surface area contributed by atoms with Gasteiger partial charge in [0.2, 0.25) is 5.91 Å². The predicted molar refractivity (Wildman–Crippen MR) is 137 cm³/mol. The zero-order valence-electron chi connectivity index (χ0n) is 22.2. The van der Waals surface area contributed by atoms with E-state index in [1.54, 1.807) is 0 Å². The molecule has 1 aliphatic heterocycles. The van der Waals surface area contributed by atoms with E-state index < -0.39 is 42.0 Å². The number of benzene rings is 2. The molecule has 1 aliphatic rings. The molecule has 1 fully saturated rings. The molecular weight excluding hydrogens is 547 g/mol. The lowest BCUT2D eigenvalue weighted by Gasteiger charge is -2.39. The van der Waals surface area contributed by atoms with E-state index in [0.717, 1.165) is 22.2 Å². The highest BCUT2D eigenvalue weighted by Gasteiger charge is 2.47. The topological polar surface area (TPSA) is 127 Å². The fraction of sp³-hybridized carbons (Fsp3) is 0.357. The van der Waals surface area contributed by atoms with Gasteiger partial charge < -0.3 is 14.3 Å². The first kappa shape index (κ1) is 29.7. The lowest BCUT2D eigenvalue weighted by Crippen LogP contribution is -2.55. The summed E-state index contributed by atoms with van der Waals surface area (Å²) in [5, 5.41) is 10.2. The molecule has 3 unspecified atom stereocenters. The number of carbonyl (C=O) groups is 3. The number of ether oxygens (including phenoxy) is 2. The maximum Gasteiger partial charge on any atom is 0.493 e. The number of alkyl halides is 3. The molecule has 41 heavy (non-hydrogen) atoms. The standard InChI is InChI=1S/C28H28F3N3O7/c1-16-14-19(21-6-3-4-7-22(21)32-16)15-40-20-11-9-18(10-12-20)26(36)34(41-27(37)28(29,30)31)23-8-5-13-39-24(23)17(2)25(35)33-38/h3-4,6-7,9-12,14,17,23-24,38H,5,8,13,15H2,1-2H3,(H,33,35). The summed E-state index contributed by atoms with van der Waals surface area (Å²) < 4.78 is 50.8. The van der Waals surface area contributed by atoms with Crippen molar-refractivity contribution in [1.29, 1.82) is 0 Å². The summed E-state index contributed by atoms with van der Waals surface area (Å²) in [7, 11) is 0. The molecule has 2 N–H and O–H groups in total. The van der Waals surface area contributed by atoms with Crippen molar-refractivity contribution < 1.29 is 47.1 Å². The Morgan fingerprint density at radius 1 is 1.17 bits per heavy atom. The third kappa shape index (κ3) is 6.92. The van der Waals surface area contributed by atoms with Crippen LogP contribution in [0.25, 0.3) is 10.9 Å². The lowest BCUT2D eigenvalue weighted by molar-refractivity contribution is -0.244. The van der Waals surface area contributed by atoms with Crippen LogP contribution in [0.5, 0.6) is 5.75 Å². The van der Waals surface area contributed by atoms with Gasteiger partial charge in [-0.25, -0.2) is 10.3 Å². The smallest absolute Gasteiger partial charge is 0.489 e. The summed E-state index contributed by atoms with van der Waals surface area (Å²) in [5.74, 6) is -5.24. The second-order valence-corrected chi connectivity index (χ2v) is 9.57. The molecule has 0 spiro atoms. The number of pyridine rings is 1. The number of hydrogen-bond acceptors (Lipinski definition) is 8. The number of hydrogen-bond donors (Lipinski definition) is 2. The second-order valence-electron chi connectivity index (χ2n) is 9.57. The monoisotopic (exact) mass is 575 g/mol. The van der Waals surface area contributed by atoms with Crippen LogP contribution >= 0.6 is 0 Å². The molecule has 1 aromatic heterocycles. The quantitative estimate of drug-likeness (QED) is 0.316. The van der Waals surface area contributed by atoms with Crippen LogP contribution in [-0.4, -0.2) is 58.0 Å². The number of halogens is 3. The minimum Gasteiger partial charge on any atom is -0.489 e. The normalized spacial score (nSPS) is 17.9. The number of hydroxylamine groups is 3. The maximum absolute atomic E-state index is 13.4. The highest BCUT2D eigenvalue weighted by Crippen LogP contribution is 2.29. The fourth-order valence-electron chi connectivity index (χ4n) is 4.66. The first-order chi connectivity index (χ1) is 19.5. The molecule has 0 bridgehead atoms. The zero-order chi connectivity index (χ0) is 29.7. The van der Waals surface area contributed by atoms with Crippen molar-refractivity contribution in [2.75, 3.05) is 6.61 Å². The number of carbonyl (C=O) groups excluding carboxylic acids is 3. The minimum atomic E-state index is -5.38. The first-order valence-corrected chi connectivity index (χ1v) is 12.8. The molecule has 0 radical (unpaired) electrons. The van der Waals surface area contributed by atoms with Crippen molar-refractivity contribution in [2.24, 2.45) is 5.92 Å². The maximum atomic E-state index is 13.4. The number of fused-ring (bicyclic) bond motifs is 1. The average Bonchev–Trinajstić information content (AvgIpc) is 2.97. The Labute approximate surface area is 232 Å². The highest BCUT2D eigenvalue weighted by atomic mass is 19.4. The van der Waals surface area contributed by atoms with Crippen molar-refractivity contribution in [1.82, 2.24) is 15.5 Å². The van der Waals surface area contributed by atoms with Gasteiger partial charge in [0.1, 0.15) is 12.4 Å².